The maximum atomic E-state index is 13.5. The van der Waals surface area contributed by atoms with Crippen molar-refractivity contribution in [2.45, 2.75) is 39.3 Å². The van der Waals surface area contributed by atoms with Crippen LogP contribution in [0.5, 0.6) is 0 Å². The molecule has 0 aliphatic rings. The van der Waals surface area contributed by atoms with Crippen molar-refractivity contribution in [1.82, 2.24) is 9.97 Å². The van der Waals surface area contributed by atoms with Gasteiger partial charge in [0.1, 0.15) is 6.33 Å². The zero-order valence-electron chi connectivity index (χ0n) is 9.37. The molecule has 0 saturated heterocycles. The van der Waals surface area contributed by atoms with Gasteiger partial charge in [-0.25, -0.2) is 14.4 Å². The van der Waals surface area contributed by atoms with Gasteiger partial charge in [-0.1, -0.05) is 0 Å². The maximum absolute atomic E-state index is 13.5. The highest BCUT2D eigenvalue weighted by molar-refractivity contribution is 5.39. The van der Waals surface area contributed by atoms with Gasteiger partial charge in [-0.05, 0) is 27.7 Å². The van der Waals surface area contributed by atoms with E-state index < -0.39 is 17.5 Å². The molecule has 0 saturated carbocycles. The number of aromatic nitrogens is 2. The molecule has 1 aromatic rings. The molecule has 0 aliphatic heterocycles. The van der Waals surface area contributed by atoms with Crippen LogP contribution in [0.25, 0.3) is 0 Å². The van der Waals surface area contributed by atoms with E-state index in [1.54, 1.807) is 27.7 Å². The average Bonchev–Trinajstić information content (AvgIpc) is 2.12. The van der Waals surface area contributed by atoms with Crippen LogP contribution in [0.15, 0.2) is 6.33 Å². The second-order valence-corrected chi connectivity index (χ2v) is 4.14. The fraction of sp³-hybridized carbons (Fsp3) is 0.600. The second-order valence-electron chi connectivity index (χ2n) is 4.14. The Morgan fingerprint density at radius 1 is 1.47 bits per heavy atom. The molecular formula is C10H16FN3O. The first-order valence-electron chi connectivity index (χ1n) is 4.78. The Hall–Kier alpha value is -1.23. The Labute approximate surface area is 88.6 Å². The molecule has 84 valence electrons. The van der Waals surface area contributed by atoms with Gasteiger partial charge in [-0.2, -0.15) is 0 Å². The highest BCUT2D eigenvalue weighted by Gasteiger charge is 2.25. The van der Waals surface area contributed by atoms with E-state index in [1.807, 2.05) is 0 Å². The minimum absolute atomic E-state index is 0.119. The van der Waals surface area contributed by atoms with E-state index >= 15 is 0 Å². The van der Waals surface area contributed by atoms with Crippen LogP contribution >= 0.6 is 0 Å². The quantitative estimate of drug-likeness (QED) is 0.798. The van der Waals surface area contributed by atoms with Crippen molar-refractivity contribution in [1.29, 1.82) is 0 Å². The molecule has 1 heterocycles. The van der Waals surface area contributed by atoms with Crippen LogP contribution in [-0.2, 0) is 0 Å². The Balaban J connectivity index is 2.95. The van der Waals surface area contributed by atoms with Gasteiger partial charge in [0.05, 0.1) is 17.3 Å². The SMILES string of the molecule is Cc1ncnc(NC(C)(C)C(C)O)c1F. The summed E-state index contributed by atoms with van der Waals surface area (Å²) >= 11 is 0. The first-order chi connectivity index (χ1) is 6.84. The lowest BCUT2D eigenvalue weighted by Crippen LogP contribution is -2.42. The van der Waals surface area contributed by atoms with Gasteiger partial charge < -0.3 is 10.4 Å². The molecule has 0 spiro atoms. The number of halogens is 1. The van der Waals surface area contributed by atoms with Gasteiger partial charge in [0.2, 0.25) is 0 Å². The predicted octanol–water partition coefficient (Wildman–Crippen LogP) is 1.50. The molecule has 0 fully saturated rings. The van der Waals surface area contributed by atoms with Gasteiger partial charge in [-0.15, -0.1) is 0 Å². The summed E-state index contributed by atoms with van der Waals surface area (Å²) < 4.78 is 13.5. The Morgan fingerprint density at radius 3 is 2.60 bits per heavy atom. The van der Waals surface area contributed by atoms with Gasteiger partial charge in [0.15, 0.2) is 11.6 Å². The third-order valence-electron chi connectivity index (χ3n) is 2.45. The molecule has 0 amide bonds. The van der Waals surface area contributed by atoms with E-state index in [-0.39, 0.29) is 11.5 Å². The summed E-state index contributed by atoms with van der Waals surface area (Å²) in [6.45, 7) is 6.75. The first kappa shape index (κ1) is 11.8. The Morgan fingerprint density at radius 2 is 2.07 bits per heavy atom. The summed E-state index contributed by atoms with van der Waals surface area (Å²) in [5.41, 5.74) is -0.351. The largest absolute Gasteiger partial charge is 0.391 e. The van der Waals surface area contributed by atoms with Gasteiger partial charge in [0.25, 0.3) is 0 Å². The minimum Gasteiger partial charge on any atom is -0.391 e. The number of anilines is 1. The Kier molecular flexibility index (Phi) is 3.24. The van der Waals surface area contributed by atoms with Gasteiger partial charge >= 0.3 is 0 Å². The number of aryl methyl sites for hydroxylation is 1. The van der Waals surface area contributed by atoms with E-state index in [1.165, 1.54) is 6.33 Å². The summed E-state index contributed by atoms with van der Waals surface area (Å²) in [4.78, 5) is 7.52. The molecule has 1 rings (SSSR count). The van der Waals surface area contributed by atoms with Crippen LogP contribution in [0.1, 0.15) is 26.5 Å². The molecule has 5 heteroatoms. The van der Waals surface area contributed by atoms with Crippen LogP contribution in [0.2, 0.25) is 0 Å². The average molecular weight is 213 g/mol. The lowest BCUT2D eigenvalue weighted by molar-refractivity contribution is 0.132. The smallest absolute Gasteiger partial charge is 0.186 e. The first-order valence-corrected chi connectivity index (χ1v) is 4.78. The fourth-order valence-corrected chi connectivity index (χ4v) is 0.955. The van der Waals surface area contributed by atoms with Gasteiger partial charge in [-0.3, -0.25) is 0 Å². The molecule has 2 N–H and O–H groups in total. The number of aliphatic hydroxyl groups is 1. The molecule has 1 aromatic heterocycles. The van der Waals surface area contributed by atoms with E-state index in [4.69, 9.17) is 0 Å². The minimum atomic E-state index is -0.637. The lowest BCUT2D eigenvalue weighted by atomic mass is 9.99. The highest BCUT2D eigenvalue weighted by Crippen LogP contribution is 2.19. The third-order valence-corrected chi connectivity index (χ3v) is 2.45. The standard InChI is InChI=1S/C10H16FN3O/c1-6-8(11)9(13-5-12-6)14-10(3,4)7(2)15/h5,7,15H,1-4H3,(H,12,13,14). The monoisotopic (exact) mass is 213 g/mol. The summed E-state index contributed by atoms with van der Waals surface area (Å²) in [6, 6.07) is 0. The van der Waals surface area contributed by atoms with E-state index in [0.717, 1.165) is 0 Å². The number of rotatable bonds is 3. The molecule has 1 atom stereocenters. The normalized spacial score (nSPS) is 13.7. The molecule has 0 aliphatic carbocycles. The maximum Gasteiger partial charge on any atom is 0.186 e. The molecule has 4 nitrogen and oxygen atoms in total. The number of nitrogens with one attached hydrogen (secondary N) is 1. The van der Waals surface area contributed by atoms with Crippen molar-refractivity contribution in [2.24, 2.45) is 0 Å². The zero-order valence-corrected chi connectivity index (χ0v) is 9.37. The second kappa shape index (κ2) is 4.10. The zero-order chi connectivity index (χ0) is 11.6. The molecule has 0 aromatic carbocycles. The molecular weight excluding hydrogens is 197 g/mol. The molecule has 1 unspecified atom stereocenters. The van der Waals surface area contributed by atoms with Crippen molar-refractivity contribution < 1.29 is 9.50 Å². The van der Waals surface area contributed by atoms with E-state index in [2.05, 4.69) is 15.3 Å². The van der Waals surface area contributed by atoms with Crippen LogP contribution in [-0.4, -0.2) is 26.7 Å². The molecule has 15 heavy (non-hydrogen) atoms. The van der Waals surface area contributed by atoms with Crippen molar-refractivity contribution in [2.75, 3.05) is 5.32 Å². The van der Waals surface area contributed by atoms with Crippen molar-refractivity contribution in [3.63, 3.8) is 0 Å². The summed E-state index contributed by atoms with van der Waals surface area (Å²) in [5, 5.41) is 12.3. The topological polar surface area (TPSA) is 58.0 Å². The number of aliphatic hydroxyl groups excluding tert-OH is 1. The number of hydrogen-bond acceptors (Lipinski definition) is 4. The van der Waals surface area contributed by atoms with Crippen molar-refractivity contribution in [3.05, 3.63) is 17.8 Å². The van der Waals surface area contributed by atoms with Crippen molar-refractivity contribution >= 4 is 5.82 Å². The van der Waals surface area contributed by atoms with Crippen LogP contribution in [0, 0.1) is 12.7 Å². The molecule has 0 radical (unpaired) electrons. The van der Waals surface area contributed by atoms with Crippen molar-refractivity contribution in [3.8, 4) is 0 Å². The summed E-state index contributed by atoms with van der Waals surface area (Å²) in [5.74, 6) is -0.361. The fourth-order valence-electron chi connectivity index (χ4n) is 0.955. The molecule has 0 bridgehead atoms. The predicted molar refractivity (Wildman–Crippen MR) is 56.1 cm³/mol. The van der Waals surface area contributed by atoms with Crippen LogP contribution < -0.4 is 5.32 Å². The van der Waals surface area contributed by atoms with E-state index in [9.17, 15) is 9.50 Å². The Bertz CT molecular complexity index is 353. The number of nitrogens with zero attached hydrogens (tertiary/aromatic N) is 2. The van der Waals surface area contributed by atoms with Gasteiger partial charge in [0, 0.05) is 0 Å². The van der Waals surface area contributed by atoms with Crippen LogP contribution in [0.3, 0.4) is 0 Å². The lowest BCUT2D eigenvalue weighted by Gasteiger charge is -2.30. The van der Waals surface area contributed by atoms with Crippen LogP contribution in [0.4, 0.5) is 10.2 Å². The third kappa shape index (κ3) is 2.62. The highest BCUT2D eigenvalue weighted by atomic mass is 19.1. The summed E-state index contributed by atoms with van der Waals surface area (Å²) in [6.07, 6.45) is 0.672. The summed E-state index contributed by atoms with van der Waals surface area (Å²) in [7, 11) is 0. The number of hydrogen-bond donors (Lipinski definition) is 2. The van der Waals surface area contributed by atoms with E-state index in [0.29, 0.717) is 0 Å².